The highest BCUT2D eigenvalue weighted by Crippen LogP contribution is 2.41. The Morgan fingerprint density at radius 3 is 2.30 bits per heavy atom. The van der Waals surface area contributed by atoms with E-state index in [0.29, 0.717) is 16.7 Å². The van der Waals surface area contributed by atoms with E-state index in [-0.39, 0.29) is 23.4 Å². The smallest absolute Gasteiger partial charge is 0.349 e. The summed E-state index contributed by atoms with van der Waals surface area (Å²) >= 11 is 5.77. The van der Waals surface area contributed by atoms with Gasteiger partial charge in [-0.3, -0.25) is 24.5 Å². The summed E-state index contributed by atoms with van der Waals surface area (Å²) in [5.41, 5.74) is -0.256. The first-order valence-electron chi connectivity index (χ1n) is 11.9. The number of carbonyl (C=O) groups is 4. The lowest BCUT2D eigenvalue weighted by atomic mass is 9.48. The molecule has 2 aliphatic heterocycles. The maximum atomic E-state index is 14.9. The molecule has 2 aliphatic rings. The molecule has 186 valence electrons. The Kier molecular flexibility index (Phi) is 6.63. The van der Waals surface area contributed by atoms with Gasteiger partial charge in [0.1, 0.15) is 39.2 Å². The summed E-state index contributed by atoms with van der Waals surface area (Å²) in [7, 11) is 8.29. The van der Waals surface area contributed by atoms with E-state index < -0.39 is 45.7 Å². The van der Waals surface area contributed by atoms with Gasteiger partial charge >= 0.3 is 5.92 Å². The molecule has 0 aliphatic carbocycles. The number of nitrogens with zero attached hydrogens (tertiary/aromatic N) is 1. The number of hydrogen-bond donors (Lipinski definition) is 2. The van der Waals surface area contributed by atoms with Crippen molar-refractivity contribution in [3.05, 3.63) is 69.7 Å². The van der Waals surface area contributed by atoms with Crippen LogP contribution in [0.4, 0.5) is 8.78 Å². The van der Waals surface area contributed by atoms with E-state index in [0.717, 1.165) is 12.1 Å². The quantitative estimate of drug-likeness (QED) is 0.334. The summed E-state index contributed by atoms with van der Waals surface area (Å²) < 4.78 is 29.7. The van der Waals surface area contributed by atoms with Crippen LogP contribution in [-0.4, -0.2) is 73.2 Å². The van der Waals surface area contributed by atoms with E-state index in [4.69, 9.17) is 11.6 Å². The van der Waals surface area contributed by atoms with Gasteiger partial charge in [-0.15, -0.1) is 0 Å². The van der Waals surface area contributed by atoms with Gasteiger partial charge in [0, 0.05) is 33.8 Å². The van der Waals surface area contributed by atoms with Crippen LogP contribution in [-0.2, 0) is 32.2 Å². The fourth-order valence-electron chi connectivity index (χ4n) is 4.95. The van der Waals surface area contributed by atoms with E-state index >= 15 is 0 Å². The topological polar surface area (TPSA) is 95.6 Å². The minimum atomic E-state index is -3.79. The van der Waals surface area contributed by atoms with Gasteiger partial charge in [0.25, 0.3) is 11.8 Å². The van der Waals surface area contributed by atoms with E-state index in [1.807, 2.05) is 0 Å². The van der Waals surface area contributed by atoms with Crippen LogP contribution in [0.1, 0.15) is 27.0 Å². The molecule has 7 nitrogen and oxygen atoms in total. The fraction of sp³-hybridized carbons (Fsp3) is 0.273. The van der Waals surface area contributed by atoms with Crippen LogP contribution < -0.4 is 10.6 Å². The molecule has 2 aromatic carbocycles. The minimum Gasteiger partial charge on any atom is -0.357 e. The predicted octanol–water partition coefficient (Wildman–Crippen LogP) is -2.59. The number of fused-ring (bicyclic) bond motifs is 1. The van der Waals surface area contributed by atoms with Gasteiger partial charge in [0.15, 0.2) is 0 Å². The summed E-state index contributed by atoms with van der Waals surface area (Å²) in [6, 6.07) is 9.62. The first-order chi connectivity index (χ1) is 17.1. The molecule has 2 heterocycles. The number of rotatable bonds is 5. The molecule has 15 heteroatoms. The Labute approximate surface area is 222 Å². The Morgan fingerprint density at radius 1 is 1.08 bits per heavy atom. The van der Waals surface area contributed by atoms with Gasteiger partial charge in [-0.2, -0.15) is 8.78 Å². The zero-order valence-electron chi connectivity index (χ0n) is 21.1. The first kappa shape index (κ1) is 27.0. The number of hydrogen-bond acceptors (Lipinski definition) is 4. The second-order valence-electron chi connectivity index (χ2n) is 10.5. The van der Waals surface area contributed by atoms with Crippen LogP contribution in [0.15, 0.2) is 42.5 Å². The van der Waals surface area contributed by atoms with Crippen LogP contribution in [0, 0.1) is 0 Å². The van der Waals surface area contributed by atoms with Crippen molar-refractivity contribution in [1.29, 1.82) is 0 Å². The molecule has 4 amide bonds. The lowest BCUT2D eigenvalue weighted by molar-refractivity contribution is -0.147. The van der Waals surface area contributed by atoms with Gasteiger partial charge in [-0.25, -0.2) is 0 Å². The molecule has 37 heavy (non-hydrogen) atoms. The number of carbonyl (C=O) groups excluding carboxylic acids is 4. The maximum Gasteiger partial charge on any atom is 0.349 e. The molecule has 2 N–H and O–H groups in total. The highest BCUT2D eigenvalue weighted by molar-refractivity contribution is 6.44. The third-order valence-corrected chi connectivity index (χ3v) is 8.11. The Hall–Kier alpha value is -3.01. The average Bonchev–Trinajstić information content (AvgIpc) is 3.17. The van der Waals surface area contributed by atoms with Crippen LogP contribution in [0.3, 0.4) is 0 Å². The summed E-state index contributed by atoms with van der Waals surface area (Å²) in [6.45, 7) is 0.0993. The molecule has 4 rings (SSSR count). The van der Waals surface area contributed by atoms with Crippen molar-refractivity contribution in [2.75, 3.05) is 0 Å². The predicted molar refractivity (Wildman–Crippen MR) is 148 cm³/mol. The van der Waals surface area contributed by atoms with Crippen molar-refractivity contribution in [1.82, 2.24) is 15.5 Å². The van der Waals surface area contributed by atoms with E-state index in [1.165, 1.54) is 17.0 Å². The molecule has 2 aromatic rings. The van der Waals surface area contributed by atoms with Crippen molar-refractivity contribution < 1.29 is 28.0 Å². The zero-order valence-corrected chi connectivity index (χ0v) is 21.9. The molecule has 1 fully saturated rings. The third kappa shape index (κ3) is 4.39. The van der Waals surface area contributed by atoms with Gasteiger partial charge in [-0.1, -0.05) is 35.9 Å². The second kappa shape index (κ2) is 9.08. The van der Waals surface area contributed by atoms with Crippen molar-refractivity contribution in [3.63, 3.8) is 0 Å². The van der Waals surface area contributed by atoms with Crippen LogP contribution in [0.25, 0.3) is 0 Å². The Balaban J connectivity index is 1.59. The Bertz CT molecular complexity index is 1330. The zero-order chi connectivity index (χ0) is 27.5. The standard InChI is InChI=1S/C22H23B5ClF2N3O4/c23-14-15(24)20(25,18(36)31-16(14)34)33-8-9-7-11(3-6-13(9)17(33)35)22(26,27)32-19(37)21(29,30)10-1-4-12(28)5-2-10/h1-7,14-15H,8,23-27H2,(H,32,37)(H,31,34,36). The summed E-state index contributed by atoms with van der Waals surface area (Å²) in [6.07, 6.45) is 0. The molecule has 0 aromatic heterocycles. The van der Waals surface area contributed by atoms with Gasteiger partial charge < -0.3 is 10.2 Å². The number of imide groups is 1. The highest BCUT2D eigenvalue weighted by atomic mass is 35.5. The molecule has 3 atom stereocenters. The average molecular weight is 521 g/mol. The second-order valence-corrected chi connectivity index (χ2v) is 10.9. The molecule has 0 bridgehead atoms. The van der Waals surface area contributed by atoms with Crippen molar-refractivity contribution in [2.45, 2.75) is 34.9 Å². The number of piperidine rings is 1. The molecule has 0 spiro atoms. The first-order valence-corrected chi connectivity index (χ1v) is 12.3. The van der Waals surface area contributed by atoms with Crippen molar-refractivity contribution >= 4 is 74.5 Å². The lowest BCUT2D eigenvalue weighted by Crippen LogP contribution is -2.67. The molecule has 0 radical (unpaired) electrons. The highest BCUT2D eigenvalue weighted by Gasteiger charge is 2.54. The maximum absolute atomic E-state index is 14.9. The molecule has 3 unspecified atom stereocenters. The van der Waals surface area contributed by atoms with Crippen LogP contribution in [0.5, 0.6) is 0 Å². The normalized spacial score (nSPS) is 24.0. The molecular formula is C22H23B5ClF2N3O4. The van der Waals surface area contributed by atoms with Crippen LogP contribution in [0.2, 0.25) is 16.7 Å². The SMILES string of the molecule is BC1C(=O)NC(=O)C(B)(N2Cc3cc(C(B)(B)NC(=O)C(F)(F)c4ccc(Cl)cc4)ccc3C2=O)C1B. The number of nitrogens with one attached hydrogen (secondary N) is 2. The van der Waals surface area contributed by atoms with Gasteiger partial charge in [-0.05, 0) is 35.1 Å². The Morgan fingerprint density at radius 2 is 1.68 bits per heavy atom. The van der Waals surface area contributed by atoms with Crippen molar-refractivity contribution in [3.8, 4) is 0 Å². The summed E-state index contributed by atoms with van der Waals surface area (Å²) in [5, 5.41) is 3.84. The summed E-state index contributed by atoms with van der Waals surface area (Å²) in [4.78, 5) is 52.4. The minimum absolute atomic E-state index is 0.0993. The number of benzene rings is 2. The molecular weight excluding hydrogens is 498 g/mol. The third-order valence-electron chi connectivity index (χ3n) is 7.86. The van der Waals surface area contributed by atoms with Gasteiger partial charge in [0.2, 0.25) is 11.8 Å². The van der Waals surface area contributed by atoms with Gasteiger partial charge in [0.05, 0.1) is 5.44 Å². The van der Waals surface area contributed by atoms with Crippen LogP contribution >= 0.6 is 11.6 Å². The molecule has 0 saturated carbocycles. The fourth-order valence-corrected chi connectivity index (χ4v) is 5.08. The number of alkyl halides is 2. The van der Waals surface area contributed by atoms with E-state index in [9.17, 15) is 28.0 Å². The lowest BCUT2D eigenvalue weighted by Gasteiger charge is -2.47. The number of halogens is 3. The van der Waals surface area contributed by atoms with Crippen molar-refractivity contribution in [2.24, 2.45) is 0 Å². The largest absolute Gasteiger partial charge is 0.357 e. The van der Waals surface area contributed by atoms with E-state index in [1.54, 1.807) is 57.4 Å². The number of amides is 4. The monoisotopic (exact) mass is 521 g/mol. The summed E-state index contributed by atoms with van der Waals surface area (Å²) in [5.74, 6) is -7.46. The van der Waals surface area contributed by atoms with E-state index in [2.05, 4.69) is 10.6 Å². The molecule has 1 saturated heterocycles.